The maximum atomic E-state index is 14.9. The third-order valence-electron chi connectivity index (χ3n) is 5.70. The topological polar surface area (TPSA) is 100 Å². The van der Waals surface area contributed by atoms with Gasteiger partial charge in [0.05, 0.1) is 0 Å². The van der Waals surface area contributed by atoms with Crippen LogP contribution >= 0.6 is 7.14 Å². The SMILES string of the molecule is Cc1ccc(Oc2nc(Oc3ccc(CN)cc3)nc(P(=O)(c3ccccc3)c3ccccc3)n2)cc1. The molecule has 1 aromatic heterocycles. The van der Waals surface area contributed by atoms with E-state index in [4.69, 9.17) is 15.2 Å². The molecule has 2 N–H and O–H groups in total. The van der Waals surface area contributed by atoms with Gasteiger partial charge >= 0.3 is 12.0 Å². The number of hydrogen-bond donors (Lipinski definition) is 1. The molecule has 37 heavy (non-hydrogen) atoms. The van der Waals surface area contributed by atoms with Gasteiger partial charge in [0, 0.05) is 17.2 Å². The molecule has 0 radical (unpaired) electrons. The van der Waals surface area contributed by atoms with Crippen molar-refractivity contribution >= 4 is 23.3 Å². The molecule has 184 valence electrons. The van der Waals surface area contributed by atoms with E-state index in [-0.39, 0.29) is 17.6 Å². The minimum atomic E-state index is -3.50. The van der Waals surface area contributed by atoms with E-state index in [1.54, 1.807) is 12.1 Å². The van der Waals surface area contributed by atoms with Crippen molar-refractivity contribution in [3.05, 3.63) is 120 Å². The fourth-order valence-corrected chi connectivity index (χ4v) is 6.12. The number of rotatable bonds is 8. The fourth-order valence-electron chi connectivity index (χ4n) is 3.73. The van der Waals surface area contributed by atoms with Gasteiger partial charge < -0.3 is 19.8 Å². The maximum absolute atomic E-state index is 14.9. The Labute approximate surface area is 215 Å². The average molecular weight is 509 g/mol. The van der Waals surface area contributed by atoms with Crippen LogP contribution in [-0.4, -0.2) is 15.0 Å². The molecule has 0 aliphatic rings. The van der Waals surface area contributed by atoms with E-state index in [0.717, 1.165) is 11.1 Å². The van der Waals surface area contributed by atoms with Gasteiger partial charge in [-0.15, -0.1) is 4.98 Å². The first kappa shape index (κ1) is 24.4. The van der Waals surface area contributed by atoms with Crippen molar-refractivity contribution in [2.24, 2.45) is 5.73 Å². The zero-order valence-electron chi connectivity index (χ0n) is 20.2. The van der Waals surface area contributed by atoms with Crippen LogP contribution < -0.4 is 31.4 Å². The second kappa shape index (κ2) is 10.7. The third kappa shape index (κ3) is 5.43. The van der Waals surface area contributed by atoms with Crippen LogP contribution in [0.2, 0.25) is 0 Å². The van der Waals surface area contributed by atoms with Crippen molar-refractivity contribution < 1.29 is 14.0 Å². The van der Waals surface area contributed by atoms with Crippen molar-refractivity contribution in [1.82, 2.24) is 15.0 Å². The highest BCUT2D eigenvalue weighted by Crippen LogP contribution is 2.41. The molecule has 0 aliphatic heterocycles. The summed E-state index contributed by atoms with van der Waals surface area (Å²) in [5.41, 5.74) is 7.83. The van der Waals surface area contributed by atoms with Crippen molar-refractivity contribution in [3.8, 4) is 23.5 Å². The predicted octanol–water partition coefficient (Wildman–Crippen LogP) is 4.86. The molecular weight excluding hydrogens is 483 g/mol. The molecule has 0 aliphatic carbocycles. The Kier molecular flexibility index (Phi) is 7.08. The predicted molar refractivity (Wildman–Crippen MR) is 145 cm³/mol. The molecule has 8 heteroatoms. The zero-order valence-corrected chi connectivity index (χ0v) is 21.1. The maximum Gasteiger partial charge on any atom is 0.328 e. The summed E-state index contributed by atoms with van der Waals surface area (Å²) in [4.78, 5) is 13.5. The van der Waals surface area contributed by atoms with Gasteiger partial charge in [-0.1, -0.05) is 90.5 Å². The van der Waals surface area contributed by atoms with E-state index < -0.39 is 7.14 Å². The van der Waals surface area contributed by atoms with Crippen LogP contribution in [-0.2, 0) is 11.1 Å². The van der Waals surface area contributed by atoms with Gasteiger partial charge in [0.1, 0.15) is 11.5 Å². The summed E-state index contributed by atoms with van der Waals surface area (Å²) in [7, 11) is -3.50. The zero-order chi connectivity index (χ0) is 25.7. The molecule has 0 atom stereocenters. The minimum Gasteiger partial charge on any atom is -0.424 e. The third-order valence-corrected chi connectivity index (χ3v) is 8.52. The first-order valence-electron chi connectivity index (χ1n) is 11.7. The highest BCUT2D eigenvalue weighted by molar-refractivity contribution is 7.84. The standard InChI is InChI=1S/C29H25N4O3P/c1-21-12-16-23(17-13-21)35-27-31-28(36-24-18-14-22(20-30)15-19-24)33-29(32-27)37(34,25-8-4-2-5-9-25)26-10-6-3-7-11-26/h2-19H,20,30H2,1H3. The van der Waals surface area contributed by atoms with Crippen LogP contribution in [0.15, 0.2) is 109 Å². The highest BCUT2D eigenvalue weighted by Gasteiger charge is 2.34. The lowest BCUT2D eigenvalue weighted by Crippen LogP contribution is -2.30. The van der Waals surface area contributed by atoms with Crippen LogP contribution in [0.4, 0.5) is 0 Å². The number of aromatic nitrogens is 3. The van der Waals surface area contributed by atoms with Crippen molar-refractivity contribution in [2.45, 2.75) is 13.5 Å². The first-order chi connectivity index (χ1) is 18.0. The summed E-state index contributed by atoms with van der Waals surface area (Å²) in [5.74, 6) is 1.04. The molecule has 0 saturated heterocycles. The number of nitrogens with zero attached hydrogens (tertiary/aromatic N) is 3. The van der Waals surface area contributed by atoms with Crippen LogP contribution in [0.1, 0.15) is 11.1 Å². The van der Waals surface area contributed by atoms with Crippen molar-refractivity contribution in [2.75, 3.05) is 0 Å². The van der Waals surface area contributed by atoms with Gasteiger partial charge in [-0.05, 0) is 36.8 Å². The molecule has 0 amide bonds. The number of ether oxygens (including phenoxy) is 2. The number of benzene rings is 4. The molecule has 1 heterocycles. The van der Waals surface area contributed by atoms with E-state index in [0.29, 0.717) is 28.7 Å². The summed E-state index contributed by atoms with van der Waals surface area (Å²) in [6.07, 6.45) is 0. The number of hydrogen-bond acceptors (Lipinski definition) is 7. The van der Waals surface area contributed by atoms with Crippen molar-refractivity contribution in [1.29, 1.82) is 0 Å². The molecule has 0 bridgehead atoms. The Morgan fingerprint density at radius 1 is 0.649 bits per heavy atom. The molecule has 5 aromatic rings. The van der Waals surface area contributed by atoms with Crippen LogP contribution in [0.5, 0.6) is 23.5 Å². The van der Waals surface area contributed by atoms with Gasteiger partial charge in [0.25, 0.3) is 0 Å². The van der Waals surface area contributed by atoms with Gasteiger partial charge in [-0.3, -0.25) is 0 Å². The Hall–Kier alpha value is -4.32. The normalized spacial score (nSPS) is 11.2. The average Bonchev–Trinajstić information content (AvgIpc) is 2.95. The fraction of sp³-hybridized carbons (Fsp3) is 0.0690. The summed E-state index contributed by atoms with van der Waals surface area (Å²) < 4.78 is 26.8. The molecule has 0 spiro atoms. The second-order valence-electron chi connectivity index (χ2n) is 8.35. The molecule has 5 rings (SSSR count). The smallest absolute Gasteiger partial charge is 0.328 e. The Morgan fingerprint density at radius 2 is 1.11 bits per heavy atom. The van der Waals surface area contributed by atoms with Crippen LogP contribution in [0.3, 0.4) is 0 Å². The van der Waals surface area contributed by atoms with Crippen LogP contribution in [0, 0.1) is 6.92 Å². The summed E-state index contributed by atoms with van der Waals surface area (Å²) in [6.45, 7) is 2.41. The van der Waals surface area contributed by atoms with Crippen molar-refractivity contribution in [3.63, 3.8) is 0 Å². The Balaban J connectivity index is 1.64. The quantitative estimate of drug-likeness (QED) is 0.299. The molecule has 0 saturated carbocycles. The van der Waals surface area contributed by atoms with Crippen LogP contribution in [0.25, 0.3) is 0 Å². The minimum absolute atomic E-state index is 0.0190. The molecule has 0 unspecified atom stereocenters. The summed E-state index contributed by atoms with van der Waals surface area (Å²) in [6, 6.07) is 33.1. The first-order valence-corrected chi connectivity index (χ1v) is 13.4. The van der Waals surface area contributed by atoms with Gasteiger partial charge in [-0.2, -0.15) is 9.97 Å². The van der Waals surface area contributed by atoms with E-state index in [9.17, 15) is 4.57 Å². The highest BCUT2D eigenvalue weighted by atomic mass is 31.2. The molecule has 7 nitrogen and oxygen atoms in total. The molecule has 4 aromatic carbocycles. The van der Waals surface area contributed by atoms with E-state index in [2.05, 4.69) is 15.0 Å². The monoisotopic (exact) mass is 508 g/mol. The number of aryl methyl sites for hydroxylation is 1. The van der Waals surface area contributed by atoms with E-state index in [1.807, 2.05) is 104 Å². The lowest BCUT2D eigenvalue weighted by atomic mass is 10.2. The van der Waals surface area contributed by atoms with E-state index in [1.165, 1.54) is 0 Å². The summed E-state index contributed by atoms with van der Waals surface area (Å²) in [5, 5.41) is 1.18. The molecule has 0 fully saturated rings. The van der Waals surface area contributed by atoms with Gasteiger partial charge in [0.2, 0.25) is 12.7 Å². The Bertz CT molecular complexity index is 1480. The van der Waals surface area contributed by atoms with Gasteiger partial charge in [-0.25, -0.2) is 0 Å². The van der Waals surface area contributed by atoms with Gasteiger partial charge in [0.15, 0.2) is 0 Å². The summed E-state index contributed by atoms with van der Waals surface area (Å²) >= 11 is 0. The molecular formula is C29H25N4O3P. The number of nitrogens with two attached hydrogens (primary N) is 1. The lowest BCUT2D eigenvalue weighted by molar-refractivity contribution is 0.399. The van der Waals surface area contributed by atoms with E-state index >= 15 is 0 Å². The lowest BCUT2D eigenvalue weighted by Gasteiger charge is -2.19. The Morgan fingerprint density at radius 3 is 1.57 bits per heavy atom. The largest absolute Gasteiger partial charge is 0.424 e. The second-order valence-corrected chi connectivity index (χ2v) is 11.0.